The molecule has 3 heterocycles. The zero-order valence-electron chi connectivity index (χ0n) is 10.8. The van der Waals surface area contributed by atoms with Crippen LogP contribution in [0.15, 0.2) is 4.52 Å². The molecule has 19 heavy (non-hydrogen) atoms. The van der Waals surface area contributed by atoms with Crippen LogP contribution in [0, 0.1) is 5.92 Å². The van der Waals surface area contributed by atoms with E-state index in [0.29, 0.717) is 29.8 Å². The van der Waals surface area contributed by atoms with Crippen LogP contribution in [0.2, 0.25) is 0 Å². The Morgan fingerprint density at radius 2 is 2.26 bits per heavy atom. The lowest BCUT2D eigenvalue weighted by atomic mass is 10.00. The first-order chi connectivity index (χ1) is 9.12. The number of aromatic nitrogens is 2. The monoisotopic (exact) mass is 285 g/mol. The van der Waals surface area contributed by atoms with Gasteiger partial charge >= 0.3 is 0 Å². The number of hydrogen-bond acceptors (Lipinski definition) is 6. The van der Waals surface area contributed by atoms with Gasteiger partial charge in [-0.2, -0.15) is 4.98 Å². The molecule has 3 rings (SSSR count). The van der Waals surface area contributed by atoms with Gasteiger partial charge in [-0.1, -0.05) is 5.16 Å². The van der Waals surface area contributed by atoms with Crippen LogP contribution < -0.4 is 5.32 Å². The zero-order chi connectivity index (χ0) is 13.3. The van der Waals surface area contributed by atoms with Gasteiger partial charge in [0, 0.05) is 13.0 Å². The fourth-order valence-electron chi connectivity index (χ4n) is 2.87. The van der Waals surface area contributed by atoms with Crippen molar-refractivity contribution in [2.75, 3.05) is 24.6 Å². The van der Waals surface area contributed by atoms with Crippen molar-refractivity contribution in [2.24, 2.45) is 5.92 Å². The van der Waals surface area contributed by atoms with E-state index in [9.17, 15) is 8.42 Å². The van der Waals surface area contributed by atoms with Gasteiger partial charge in [0.05, 0.1) is 17.4 Å². The first-order valence-electron chi connectivity index (χ1n) is 6.86. The highest BCUT2D eigenvalue weighted by Gasteiger charge is 2.29. The van der Waals surface area contributed by atoms with Gasteiger partial charge in [-0.3, -0.25) is 0 Å². The van der Waals surface area contributed by atoms with Crippen LogP contribution >= 0.6 is 0 Å². The summed E-state index contributed by atoms with van der Waals surface area (Å²) >= 11 is 0. The molecule has 2 atom stereocenters. The van der Waals surface area contributed by atoms with Gasteiger partial charge in [0.15, 0.2) is 15.7 Å². The Hall–Kier alpha value is -0.950. The summed E-state index contributed by atoms with van der Waals surface area (Å²) in [4.78, 5) is 4.43. The Morgan fingerprint density at radius 3 is 2.95 bits per heavy atom. The summed E-state index contributed by atoms with van der Waals surface area (Å²) in [6.45, 7) is 1.94. The maximum absolute atomic E-state index is 11.4. The minimum Gasteiger partial charge on any atom is -0.339 e. The summed E-state index contributed by atoms with van der Waals surface area (Å²) in [5.41, 5.74) is 0. The molecule has 2 aliphatic heterocycles. The number of nitrogens with zero attached hydrogens (tertiary/aromatic N) is 2. The molecular formula is C12H19N3O3S. The number of sulfone groups is 1. The molecule has 0 aliphatic carbocycles. The zero-order valence-corrected chi connectivity index (χ0v) is 11.7. The summed E-state index contributed by atoms with van der Waals surface area (Å²) in [7, 11) is -2.83. The van der Waals surface area contributed by atoms with Crippen LogP contribution in [0.3, 0.4) is 0 Å². The van der Waals surface area contributed by atoms with Crippen LogP contribution in [0.25, 0.3) is 0 Å². The first kappa shape index (κ1) is 13.1. The highest BCUT2D eigenvalue weighted by Crippen LogP contribution is 2.24. The van der Waals surface area contributed by atoms with Crippen molar-refractivity contribution in [1.82, 2.24) is 15.5 Å². The van der Waals surface area contributed by atoms with Crippen LogP contribution in [0.5, 0.6) is 0 Å². The lowest BCUT2D eigenvalue weighted by Crippen LogP contribution is -2.28. The Balaban J connectivity index is 1.62. The molecule has 0 saturated carbocycles. The van der Waals surface area contributed by atoms with E-state index in [2.05, 4.69) is 15.5 Å². The predicted octanol–water partition coefficient (Wildman–Crippen LogP) is 0.514. The van der Waals surface area contributed by atoms with Crippen LogP contribution in [0.4, 0.5) is 0 Å². The largest absolute Gasteiger partial charge is 0.339 e. The minimum absolute atomic E-state index is 0.153. The molecular weight excluding hydrogens is 266 g/mol. The Morgan fingerprint density at radius 1 is 1.37 bits per heavy atom. The highest BCUT2D eigenvalue weighted by molar-refractivity contribution is 7.91. The molecule has 0 aromatic carbocycles. The molecule has 2 fully saturated rings. The minimum atomic E-state index is -2.83. The van der Waals surface area contributed by atoms with Gasteiger partial charge in [0.25, 0.3) is 0 Å². The van der Waals surface area contributed by atoms with E-state index < -0.39 is 9.84 Å². The third-order valence-corrected chi connectivity index (χ3v) is 5.76. The highest BCUT2D eigenvalue weighted by atomic mass is 32.2. The molecule has 106 valence electrons. The summed E-state index contributed by atoms with van der Waals surface area (Å²) in [6, 6.07) is 0. The molecule has 7 heteroatoms. The summed E-state index contributed by atoms with van der Waals surface area (Å²) in [6.07, 6.45) is 3.54. The summed E-state index contributed by atoms with van der Waals surface area (Å²) < 4.78 is 28.1. The van der Waals surface area contributed by atoms with Crippen molar-refractivity contribution in [3.8, 4) is 0 Å². The quantitative estimate of drug-likeness (QED) is 0.871. The molecule has 0 amide bonds. The third kappa shape index (κ3) is 3.14. The van der Waals surface area contributed by atoms with Gasteiger partial charge in [-0.25, -0.2) is 8.42 Å². The van der Waals surface area contributed by atoms with Gasteiger partial charge in [-0.05, 0) is 31.7 Å². The van der Waals surface area contributed by atoms with Crippen molar-refractivity contribution in [1.29, 1.82) is 0 Å². The fourth-order valence-corrected chi connectivity index (χ4v) is 4.73. The second kappa shape index (κ2) is 5.20. The second-order valence-electron chi connectivity index (χ2n) is 5.57. The van der Waals surface area contributed by atoms with Gasteiger partial charge in [-0.15, -0.1) is 0 Å². The van der Waals surface area contributed by atoms with Crippen molar-refractivity contribution >= 4 is 9.84 Å². The van der Waals surface area contributed by atoms with E-state index in [1.54, 1.807) is 0 Å². The van der Waals surface area contributed by atoms with E-state index in [1.165, 1.54) is 0 Å². The topological polar surface area (TPSA) is 85.1 Å². The van der Waals surface area contributed by atoms with Crippen molar-refractivity contribution in [3.05, 3.63) is 11.7 Å². The maximum Gasteiger partial charge on any atom is 0.231 e. The third-order valence-electron chi connectivity index (χ3n) is 3.93. The lowest BCUT2D eigenvalue weighted by molar-refractivity contribution is 0.319. The van der Waals surface area contributed by atoms with Gasteiger partial charge in [0.1, 0.15) is 0 Å². The normalized spacial score (nSPS) is 30.5. The number of rotatable bonds is 3. The van der Waals surface area contributed by atoms with E-state index >= 15 is 0 Å². The van der Waals surface area contributed by atoms with Crippen LogP contribution in [0.1, 0.15) is 36.9 Å². The lowest BCUT2D eigenvalue weighted by Gasteiger charge is -2.18. The SMILES string of the molecule is O=S1(=O)CCC(Cc2noc(C3CCCNC3)n2)C1. The molecule has 0 spiro atoms. The standard InChI is InChI=1S/C12H19N3O3S/c16-19(17)5-3-9(8-19)6-11-14-12(18-15-11)10-2-1-4-13-7-10/h9-10,13H,1-8H2. The molecule has 6 nitrogen and oxygen atoms in total. The molecule has 1 aromatic rings. The van der Waals surface area contributed by atoms with E-state index in [0.717, 1.165) is 32.4 Å². The molecule has 1 N–H and O–H groups in total. The van der Waals surface area contributed by atoms with E-state index in [-0.39, 0.29) is 11.7 Å². The summed E-state index contributed by atoms with van der Waals surface area (Å²) in [5.74, 6) is 2.38. The number of nitrogens with one attached hydrogen (secondary N) is 1. The van der Waals surface area contributed by atoms with E-state index in [1.807, 2.05) is 0 Å². The molecule has 2 aliphatic rings. The number of piperidine rings is 1. The fraction of sp³-hybridized carbons (Fsp3) is 0.833. The maximum atomic E-state index is 11.4. The van der Waals surface area contributed by atoms with E-state index in [4.69, 9.17) is 4.52 Å². The Bertz CT molecular complexity index is 534. The average Bonchev–Trinajstić information content (AvgIpc) is 2.98. The van der Waals surface area contributed by atoms with Gasteiger partial charge < -0.3 is 9.84 Å². The summed E-state index contributed by atoms with van der Waals surface area (Å²) in [5, 5.41) is 7.31. The molecule has 2 saturated heterocycles. The molecule has 2 unspecified atom stereocenters. The van der Waals surface area contributed by atoms with Crippen molar-refractivity contribution in [3.63, 3.8) is 0 Å². The second-order valence-corrected chi connectivity index (χ2v) is 7.79. The smallest absolute Gasteiger partial charge is 0.231 e. The predicted molar refractivity (Wildman–Crippen MR) is 69.6 cm³/mol. The van der Waals surface area contributed by atoms with Crippen molar-refractivity contribution in [2.45, 2.75) is 31.6 Å². The Labute approximate surface area is 112 Å². The van der Waals surface area contributed by atoms with Crippen LogP contribution in [-0.4, -0.2) is 43.2 Å². The first-order valence-corrected chi connectivity index (χ1v) is 8.68. The average molecular weight is 285 g/mol. The molecule has 0 bridgehead atoms. The Kier molecular flexibility index (Phi) is 3.58. The van der Waals surface area contributed by atoms with Crippen LogP contribution in [-0.2, 0) is 16.3 Å². The molecule has 0 radical (unpaired) electrons. The van der Waals surface area contributed by atoms with Gasteiger partial charge in [0.2, 0.25) is 5.89 Å². The number of hydrogen-bond donors (Lipinski definition) is 1. The van der Waals surface area contributed by atoms with Crippen molar-refractivity contribution < 1.29 is 12.9 Å². The molecule has 1 aromatic heterocycles.